The molecule has 0 aliphatic heterocycles. The number of carbonyl (C=O) groups is 3. The number of aromatic nitrogens is 1. The fourth-order valence-corrected chi connectivity index (χ4v) is 3.14. The molecule has 0 radical (unpaired) electrons. The summed E-state index contributed by atoms with van der Waals surface area (Å²) in [6.45, 7) is 5.50. The SMILES string of the molecule is CCOC(=O)c1ccc(C(=O)NC(C)c2ccc(NC(=O)Nc3ccccc3)cc2)nc1C. The monoisotopic (exact) mass is 446 g/mol. The highest BCUT2D eigenvalue weighted by Crippen LogP contribution is 2.17. The molecule has 0 bridgehead atoms. The summed E-state index contributed by atoms with van der Waals surface area (Å²) in [4.78, 5) is 40.9. The molecule has 0 fully saturated rings. The molecule has 170 valence electrons. The quantitative estimate of drug-likeness (QED) is 0.456. The van der Waals surface area contributed by atoms with Crippen molar-refractivity contribution in [2.45, 2.75) is 26.8 Å². The average molecular weight is 447 g/mol. The molecule has 1 atom stereocenters. The highest BCUT2D eigenvalue weighted by molar-refractivity contribution is 5.99. The Kier molecular flexibility index (Phi) is 7.75. The third-order valence-electron chi connectivity index (χ3n) is 4.86. The van der Waals surface area contributed by atoms with Gasteiger partial charge in [0.2, 0.25) is 0 Å². The molecule has 3 amide bonds. The molecular weight excluding hydrogens is 420 g/mol. The molecule has 2 aromatic carbocycles. The maximum absolute atomic E-state index is 12.6. The van der Waals surface area contributed by atoms with Crippen LogP contribution >= 0.6 is 0 Å². The lowest BCUT2D eigenvalue weighted by molar-refractivity contribution is 0.0524. The molecular formula is C25H26N4O4. The Hall–Kier alpha value is -4.20. The van der Waals surface area contributed by atoms with Crippen LogP contribution < -0.4 is 16.0 Å². The zero-order valence-corrected chi connectivity index (χ0v) is 18.7. The number of hydrogen-bond donors (Lipinski definition) is 3. The van der Waals surface area contributed by atoms with E-state index in [0.717, 1.165) is 5.56 Å². The molecule has 8 nitrogen and oxygen atoms in total. The third-order valence-corrected chi connectivity index (χ3v) is 4.86. The van der Waals surface area contributed by atoms with Gasteiger partial charge in [-0.2, -0.15) is 0 Å². The van der Waals surface area contributed by atoms with Gasteiger partial charge in [0, 0.05) is 11.4 Å². The van der Waals surface area contributed by atoms with Crippen LogP contribution in [0.2, 0.25) is 0 Å². The third kappa shape index (κ3) is 6.39. The summed E-state index contributed by atoms with van der Waals surface area (Å²) in [6.07, 6.45) is 0. The number of pyridine rings is 1. The lowest BCUT2D eigenvalue weighted by Gasteiger charge is -2.15. The second-order valence-corrected chi connectivity index (χ2v) is 7.31. The predicted molar refractivity (Wildman–Crippen MR) is 126 cm³/mol. The van der Waals surface area contributed by atoms with Crippen molar-refractivity contribution >= 4 is 29.3 Å². The van der Waals surface area contributed by atoms with E-state index in [-0.39, 0.29) is 30.3 Å². The van der Waals surface area contributed by atoms with E-state index in [9.17, 15) is 14.4 Å². The maximum atomic E-state index is 12.6. The van der Waals surface area contributed by atoms with Gasteiger partial charge in [0.05, 0.1) is 23.9 Å². The number of nitrogens with one attached hydrogen (secondary N) is 3. The highest BCUT2D eigenvalue weighted by atomic mass is 16.5. The van der Waals surface area contributed by atoms with E-state index in [1.807, 2.05) is 37.3 Å². The number of amides is 3. The number of para-hydroxylation sites is 1. The molecule has 1 unspecified atom stereocenters. The molecule has 3 rings (SSSR count). The van der Waals surface area contributed by atoms with Crippen LogP contribution in [0.15, 0.2) is 66.7 Å². The smallest absolute Gasteiger partial charge is 0.339 e. The number of ether oxygens (including phenoxy) is 1. The first kappa shape index (κ1) is 23.5. The van der Waals surface area contributed by atoms with Crippen LogP contribution in [0.5, 0.6) is 0 Å². The van der Waals surface area contributed by atoms with Gasteiger partial charge in [0.25, 0.3) is 5.91 Å². The number of benzene rings is 2. The van der Waals surface area contributed by atoms with Crippen molar-refractivity contribution in [1.82, 2.24) is 10.3 Å². The van der Waals surface area contributed by atoms with E-state index >= 15 is 0 Å². The Morgan fingerprint density at radius 2 is 1.55 bits per heavy atom. The normalized spacial score (nSPS) is 11.2. The van der Waals surface area contributed by atoms with Crippen LogP contribution in [-0.2, 0) is 4.74 Å². The summed E-state index contributed by atoms with van der Waals surface area (Å²) in [5, 5.41) is 8.41. The van der Waals surface area contributed by atoms with Gasteiger partial charge < -0.3 is 20.7 Å². The van der Waals surface area contributed by atoms with Crippen LogP contribution in [0.3, 0.4) is 0 Å². The lowest BCUT2D eigenvalue weighted by Crippen LogP contribution is -2.28. The van der Waals surface area contributed by atoms with Crippen LogP contribution in [-0.4, -0.2) is 29.5 Å². The van der Waals surface area contributed by atoms with Crippen LogP contribution in [0.25, 0.3) is 0 Å². The molecule has 1 aromatic heterocycles. The van der Waals surface area contributed by atoms with E-state index in [4.69, 9.17) is 4.74 Å². The zero-order chi connectivity index (χ0) is 23.8. The van der Waals surface area contributed by atoms with Crippen LogP contribution in [0, 0.1) is 6.92 Å². The van der Waals surface area contributed by atoms with Gasteiger partial charge in [-0.3, -0.25) is 4.79 Å². The summed E-state index contributed by atoms with van der Waals surface area (Å²) in [5.74, 6) is -0.820. The molecule has 33 heavy (non-hydrogen) atoms. The van der Waals surface area contributed by atoms with Crippen molar-refractivity contribution in [2.75, 3.05) is 17.2 Å². The minimum atomic E-state index is -0.464. The molecule has 0 saturated carbocycles. The number of urea groups is 1. The second kappa shape index (κ2) is 10.9. The van der Waals surface area contributed by atoms with Gasteiger partial charge in [-0.05, 0) is 62.7 Å². The first-order chi connectivity index (χ1) is 15.9. The number of nitrogens with zero attached hydrogens (tertiary/aromatic N) is 1. The highest BCUT2D eigenvalue weighted by Gasteiger charge is 2.17. The summed E-state index contributed by atoms with van der Waals surface area (Å²) >= 11 is 0. The molecule has 3 N–H and O–H groups in total. The number of aryl methyl sites for hydroxylation is 1. The van der Waals surface area contributed by atoms with E-state index < -0.39 is 5.97 Å². The summed E-state index contributed by atoms with van der Waals surface area (Å²) < 4.78 is 4.99. The van der Waals surface area contributed by atoms with E-state index in [0.29, 0.717) is 22.6 Å². The maximum Gasteiger partial charge on any atom is 0.339 e. The first-order valence-electron chi connectivity index (χ1n) is 10.6. The largest absolute Gasteiger partial charge is 0.462 e. The van der Waals surface area contributed by atoms with Gasteiger partial charge in [0.15, 0.2) is 0 Å². The molecule has 1 heterocycles. The van der Waals surface area contributed by atoms with E-state index in [1.165, 1.54) is 6.07 Å². The van der Waals surface area contributed by atoms with Gasteiger partial charge in [-0.1, -0.05) is 30.3 Å². The van der Waals surface area contributed by atoms with Crippen molar-refractivity contribution in [3.63, 3.8) is 0 Å². The number of anilines is 2. The topological polar surface area (TPSA) is 109 Å². The van der Waals surface area contributed by atoms with Gasteiger partial charge in [-0.25, -0.2) is 14.6 Å². The molecule has 0 aliphatic rings. The zero-order valence-electron chi connectivity index (χ0n) is 18.7. The molecule has 3 aromatic rings. The number of hydrogen-bond acceptors (Lipinski definition) is 5. The first-order valence-corrected chi connectivity index (χ1v) is 10.6. The molecule has 8 heteroatoms. The number of rotatable bonds is 7. The van der Waals surface area contributed by atoms with Gasteiger partial charge >= 0.3 is 12.0 Å². The molecule has 0 aliphatic carbocycles. The fraction of sp³-hybridized carbons (Fsp3) is 0.200. The lowest BCUT2D eigenvalue weighted by atomic mass is 10.1. The number of esters is 1. The summed E-state index contributed by atoms with van der Waals surface area (Å²) in [5.41, 5.74) is 3.15. The second-order valence-electron chi connectivity index (χ2n) is 7.31. The summed E-state index contributed by atoms with van der Waals surface area (Å²) in [7, 11) is 0. The van der Waals surface area contributed by atoms with E-state index in [1.54, 1.807) is 44.2 Å². The van der Waals surface area contributed by atoms with Crippen molar-refractivity contribution in [1.29, 1.82) is 0 Å². The van der Waals surface area contributed by atoms with Crippen molar-refractivity contribution < 1.29 is 19.1 Å². The Morgan fingerprint density at radius 1 is 0.909 bits per heavy atom. The van der Waals surface area contributed by atoms with Gasteiger partial charge in [0.1, 0.15) is 5.69 Å². The standard InChI is InChI=1S/C25H26N4O4/c1-4-33-24(31)21-14-15-22(26-17(21)3)23(30)27-16(2)18-10-12-20(13-11-18)29-25(32)28-19-8-6-5-7-9-19/h5-16H,4H2,1-3H3,(H,27,30)(H2,28,29,32). The predicted octanol–water partition coefficient (Wildman–Crippen LogP) is 4.70. The fourth-order valence-electron chi connectivity index (χ4n) is 3.14. The minimum Gasteiger partial charge on any atom is -0.462 e. The Bertz CT molecular complexity index is 1130. The Labute approximate surface area is 192 Å². The minimum absolute atomic E-state index is 0.211. The van der Waals surface area contributed by atoms with Gasteiger partial charge in [-0.15, -0.1) is 0 Å². The molecule has 0 saturated heterocycles. The van der Waals surface area contributed by atoms with Crippen LogP contribution in [0.4, 0.5) is 16.2 Å². The van der Waals surface area contributed by atoms with Crippen LogP contribution in [0.1, 0.15) is 52.0 Å². The number of carbonyl (C=O) groups excluding carboxylic acids is 3. The van der Waals surface area contributed by atoms with Crippen molar-refractivity contribution in [2.24, 2.45) is 0 Å². The van der Waals surface area contributed by atoms with E-state index in [2.05, 4.69) is 20.9 Å². The molecule has 0 spiro atoms. The Morgan fingerprint density at radius 3 is 2.15 bits per heavy atom. The summed E-state index contributed by atoms with van der Waals surface area (Å²) in [6, 6.07) is 18.7. The van der Waals surface area contributed by atoms with Crippen molar-refractivity contribution in [3.05, 3.63) is 89.2 Å². The Balaban J connectivity index is 1.58. The average Bonchev–Trinajstić information content (AvgIpc) is 2.80. The van der Waals surface area contributed by atoms with Crippen molar-refractivity contribution in [3.8, 4) is 0 Å².